The normalized spacial score (nSPS) is 11.0. The van der Waals surface area contributed by atoms with E-state index in [1.165, 1.54) is 16.2 Å². The Morgan fingerprint density at radius 2 is 1.22 bits per heavy atom. The Balaban J connectivity index is 2.29. The van der Waals surface area contributed by atoms with E-state index in [1.807, 2.05) is 17.9 Å². The van der Waals surface area contributed by atoms with Gasteiger partial charge in [-0.25, -0.2) is 0 Å². The Hall–Kier alpha value is -2.37. The molecular weight excluding hydrogens is 297 g/mol. The standard InChI is InChI=1S/C21H20NP/c1-3-23(20-10-6-4-7-11-20,21-12-8-5-9-13-21)22-19-16-14-18(2)15-17-19/h3-17H,1H2,2H3. The van der Waals surface area contributed by atoms with Gasteiger partial charge in [0.15, 0.2) is 0 Å². The van der Waals surface area contributed by atoms with Crippen LogP contribution in [0, 0.1) is 6.92 Å². The van der Waals surface area contributed by atoms with Gasteiger partial charge >= 0.3 is 0 Å². The van der Waals surface area contributed by atoms with Crippen molar-refractivity contribution in [2.75, 3.05) is 0 Å². The van der Waals surface area contributed by atoms with Gasteiger partial charge in [-0.2, -0.15) is 0 Å². The van der Waals surface area contributed by atoms with Gasteiger partial charge in [0.25, 0.3) is 0 Å². The molecule has 23 heavy (non-hydrogen) atoms. The second kappa shape index (κ2) is 6.81. The largest absolute Gasteiger partial charge is 0.254 e. The molecule has 114 valence electrons. The molecule has 0 aliphatic rings. The van der Waals surface area contributed by atoms with E-state index in [0.29, 0.717) is 0 Å². The van der Waals surface area contributed by atoms with Gasteiger partial charge in [0.1, 0.15) is 0 Å². The number of nitrogens with zero attached hydrogens (tertiary/aromatic N) is 1. The highest BCUT2D eigenvalue weighted by Gasteiger charge is 2.20. The average Bonchev–Trinajstić information content (AvgIpc) is 2.63. The van der Waals surface area contributed by atoms with E-state index in [0.717, 1.165) is 5.69 Å². The molecule has 0 atom stereocenters. The summed E-state index contributed by atoms with van der Waals surface area (Å²) in [5.41, 5.74) is 2.24. The minimum Gasteiger partial charge on any atom is -0.254 e. The molecule has 2 heteroatoms. The molecule has 0 heterocycles. The zero-order valence-corrected chi connectivity index (χ0v) is 14.2. The van der Waals surface area contributed by atoms with Crippen molar-refractivity contribution in [1.82, 2.24) is 0 Å². The van der Waals surface area contributed by atoms with Crippen LogP contribution in [-0.4, -0.2) is 0 Å². The molecule has 0 saturated carbocycles. The summed E-state index contributed by atoms with van der Waals surface area (Å²) in [5, 5.41) is 2.45. The highest BCUT2D eigenvalue weighted by atomic mass is 31.2. The molecule has 3 aromatic rings. The highest BCUT2D eigenvalue weighted by Crippen LogP contribution is 2.50. The summed E-state index contributed by atoms with van der Waals surface area (Å²) in [6.45, 7) is 6.25. The van der Waals surface area contributed by atoms with E-state index >= 15 is 0 Å². The maximum Gasteiger partial charge on any atom is 0.0625 e. The molecule has 0 amide bonds. The van der Waals surface area contributed by atoms with Gasteiger partial charge in [0.05, 0.1) is 12.7 Å². The number of benzene rings is 3. The lowest BCUT2D eigenvalue weighted by Gasteiger charge is -2.22. The van der Waals surface area contributed by atoms with Crippen LogP contribution in [0.5, 0.6) is 0 Å². The molecule has 0 aliphatic heterocycles. The number of aryl methyl sites for hydroxylation is 1. The van der Waals surface area contributed by atoms with Crippen LogP contribution in [0.1, 0.15) is 5.56 Å². The van der Waals surface area contributed by atoms with Crippen molar-refractivity contribution in [2.24, 2.45) is 4.74 Å². The van der Waals surface area contributed by atoms with Crippen LogP contribution < -0.4 is 10.6 Å². The molecule has 0 radical (unpaired) electrons. The SMILES string of the molecule is C=CP(=Nc1ccc(C)cc1)(c1ccccc1)c1ccccc1. The van der Waals surface area contributed by atoms with E-state index in [1.54, 1.807) is 0 Å². The monoisotopic (exact) mass is 317 g/mol. The second-order valence-corrected chi connectivity index (χ2v) is 8.44. The quantitative estimate of drug-likeness (QED) is 0.554. The van der Waals surface area contributed by atoms with Gasteiger partial charge in [-0.3, -0.25) is 4.74 Å². The van der Waals surface area contributed by atoms with Crippen LogP contribution in [0.15, 0.2) is 102 Å². The van der Waals surface area contributed by atoms with Gasteiger partial charge < -0.3 is 0 Å². The minimum atomic E-state index is -2.03. The van der Waals surface area contributed by atoms with Gasteiger partial charge in [0, 0.05) is 10.6 Å². The van der Waals surface area contributed by atoms with E-state index in [9.17, 15) is 0 Å². The number of hydrogen-bond donors (Lipinski definition) is 0. The molecule has 1 nitrogen and oxygen atoms in total. The molecule has 0 unspecified atom stereocenters. The Morgan fingerprint density at radius 1 is 0.739 bits per heavy atom. The maximum atomic E-state index is 5.18. The first-order chi connectivity index (χ1) is 11.2. The van der Waals surface area contributed by atoms with E-state index in [4.69, 9.17) is 4.74 Å². The lowest BCUT2D eigenvalue weighted by atomic mass is 10.2. The van der Waals surface area contributed by atoms with E-state index in [-0.39, 0.29) is 0 Å². The van der Waals surface area contributed by atoms with E-state index in [2.05, 4.69) is 86.3 Å². The summed E-state index contributed by atoms with van der Waals surface area (Å²) in [6, 6.07) is 29.3. The molecule has 0 N–H and O–H groups in total. The van der Waals surface area contributed by atoms with Crippen LogP contribution in [-0.2, 0) is 0 Å². The van der Waals surface area contributed by atoms with E-state index < -0.39 is 7.05 Å². The van der Waals surface area contributed by atoms with Crippen LogP contribution in [0.2, 0.25) is 0 Å². The predicted octanol–water partition coefficient (Wildman–Crippen LogP) is 5.62. The van der Waals surface area contributed by atoms with Gasteiger partial charge in [-0.1, -0.05) is 84.9 Å². The second-order valence-electron chi connectivity index (χ2n) is 5.47. The van der Waals surface area contributed by atoms with Crippen molar-refractivity contribution in [3.63, 3.8) is 0 Å². The average molecular weight is 317 g/mol. The summed E-state index contributed by atoms with van der Waals surface area (Å²) in [4.78, 5) is 0. The highest BCUT2D eigenvalue weighted by molar-refractivity contribution is 7.83. The summed E-state index contributed by atoms with van der Waals surface area (Å²) < 4.78 is 5.18. The molecular formula is C21H20NP. The van der Waals surface area contributed by atoms with Crippen molar-refractivity contribution >= 4 is 23.4 Å². The van der Waals surface area contributed by atoms with Crippen LogP contribution in [0.3, 0.4) is 0 Å². The number of rotatable bonds is 4. The first-order valence-corrected chi connectivity index (χ1v) is 9.49. The Bertz CT molecular complexity index is 791. The Labute approximate surface area is 138 Å². The molecule has 3 aromatic carbocycles. The number of hydrogen-bond acceptors (Lipinski definition) is 1. The van der Waals surface area contributed by atoms with Crippen molar-refractivity contribution < 1.29 is 0 Å². The third-order valence-electron chi connectivity index (χ3n) is 3.87. The van der Waals surface area contributed by atoms with Crippen LogP contribution >= 0.6 is 7.05 Å². The Kier molecular flexibility index (Phi) is 4.60. The fourth-order valence-corrected chi connectivity index (χ4v) is 5.40. The third-order valence-corrected chi connectivity index (χ3v) is 7.12. The smallest absolute Gasteiger partial charge is 0.0625 e. The lowest BCUT2D eigenvalue weighted by molar-refractivity contribution is 1.44. The molecule has 0 saturated heterocycles. The first-order valence-electron chi connectivity index (χ1n) is 7.68. The molecule has 0 fully saturated rings. The minimum absolute atomic E-state index is 0.997. The topological polar surface area (TPSA) is 12.4 Å². The summed E-state index contributed by atoms with van der Waals surface area (Å²) in [5.74, 6) is 2.04. The predicted molar refractivity (Wildman–Crippen MR) is 103 cm³/mol. The fraction of sp³-hybridized carbons (Fsp3) is 0.0476. The Morgan fingerprint density at radius 3 is 1.65 bits per heavy atom. The zero-order chi connectivity index (χ0) is 16.1. The molecule has 0 aliphatic carbocycles. The van der Waals surface area contributed by atoms with Crippen molar-refractivity contribution in [3.8, 4) is 0 Å². The van der Waals surface area contributed by atoms with Gasteiger partial charge in [-0.15, -0.1) is 0 Å². The summed E-state index contributed by atoms with van der Waals surface area (Å²) in [7, 11) is -2.03. The maximum absolute atomic E-state index is 5.18. The molecule has 3 rings (SSSR count). The lowest BCUT2D eigenvalue weighted by Crippen LogP contribution is -2.14. The third kappa shape index (κ3) is 3.21. The van der Waals surface area contributed by atoms with Crippen LogP contribution in [0.25, 0.3) is 0 Å². The van der Waals surface area contributed by atoms with Crippen molar-refractivity contribution in [1.29, 1.82) is 0 Å². The van der Waals surface area contributed by atoms with Crippen molar-refractivity contribution in [2.45, 2.75) is 6.92 Å². The molecule has 0 bridgehead atoms. The van der Waals surface area contributed by atoms with Gasteiger partial charge in [0.2, 0.25) is 0 Å². The summed E-state index contributed by atoms with van der Waals surface area (Å²) in [6.07, 6.45) is 0. The zero-order valence-electron chi connectivity index (χ0n) is 13.3. The molecule has 0 aromatic heterocycles. The summed E-state index contributed by atoms with van der Waals surface area (Å²) >= 11 is 0. The van der Waals surface area contributed by atoms with Crippen LogP contribution in [0.4, 0.5) is 5.69 Å². The van der Waals surface area contributed by atoms with Gasteiger partial charge in [-0.05, 0) is 24.9 Å². The van der Waals surface area contributed by atoms with Crippen molar-refractivity contribution in [3.05, 3.63) is 103 Å². The first kappa shape index (κ1) is 15.5. The fourth-order valence-electron chi connectivity index (χ4n) is 2.62. The molecule has 0 spiro atoms.